The number of likely N-dealkylation sites (N-methyl/N-ethyl adjacent to an activating group) is 1. The first-order valence-corrected chi connectivity index (χ1v) is 14.7. The number of carboxylic acids is 3. The molecule has 0 aromatic heterocycles. The molecule has 0 aromatic rings. The molecule has 1 aliphatic heterocycles. The molecular formula is C28H52N4O8. The first kappa shape index (κ1) is 37.6. The third-order valence-electron chi connectivity index (χ3n) is 7.28. The highest BCUT2D eigenvalue weighted by atomic mass is 16.4. The lowest BCUT2D eigenvalue weighted by Crippen LogP contribution is -2.50. The van der Waals surface area contributed by atoms with Crippen molar-refractivity contribution in [3.05, 3.63) is 0 Å². The van der Waals surface area contributed by atoms with Gasteiger partial charge >= 0.3 is 24.1 Å². The highest BCUT2D eigenvalue weighted by molar-refractivity contribution is 5.73. The van der Waals surface area contributed by atoms with Crippen molar-refractivity contribution < 1.29 is 39.3 Å². The second-order valence-corrected chi connectivity index (χ2v) is 10.6. The molecule has 1 atom stereocenters. The summed E-state index contributed by atoms with van der Waals surface area (Å²) in [6.07, 6.45) is 12.9. The summed E-state index contributed by atoms with van der Waals surface area (Å²) in [5, 5.41) is 28.6. The standard InChI is InChI=1S/C27H52N4O6.CO2/c1-3-4-5-6-7-8-9-10-11-12-13-24(27(36)37)31-20-15-28(2)14-16-29(22-25(32)33)17-18-30(19-21-31)23-26(34)35;2-1-3/h24H,3-23H2,1-2H3,(H,32,33)(H,34,35)(H,36,37);. The predicted octanol–water partition coefficient (Wildman–Crippen LogP) is 2.19. The zero-order valence-corrected chi connectivity index (χ0v) is 24.6. The maximum atomic E-state index is 12.2. The minimum absolute atomic E-state index is 0.0825. The van der Waals surface area contributed by atoms with Crippen molar-refractivity contribution in [1.82, 2.24) is 19.6 Å². The van der Waals surface area contributed by atoms with Gasteiger partial charge in [-0.05, 0) is 13.5 Å². The number of unbranched alkanes of at least 4 members (excludes halogenated alkanes) is 9. The molecule has 1 fully saturated rings. The van der Waals surface area contributed by atoms with Crippen LogP contribution in [-0.2, 0) is 24.0 Å². The van der Waals surface area contributed by atoms with Gasteiger partial charge in [-0.15, -0.1) is 0 Å². The van der Waals surface area contributed by atoms with E-state index >= 15 is 0 Å². The number of carbonyl (C=O) groups excluding carboxylic acids is 2. The van der Waals surface area contributed by atoms with E-state index in [1.165, 1.54) is 44.9 Å². The molecule has 12 nitrogen and oxygen atoms in total. The molecule has 0 amide bonds. The Morgan fingerprint density at radius 1 is 0.650 bits per heavy atom. The summed E-state index contributed by atoms with van der Waals surface area (Å²) in [6.45, 7) is 6.24. The maximum absolute atomic E-state index is 12.2. The van der Waals surface area contributed by atoms with Gasteiger partial charge in [0.05, 0.1) is 13.1 Å². The summed E-state index contributed by atoms with van der Waals surface area (Å²) < 4.78 is 0. The van der Waals surface area contributed by atoms with Crippen molar-refractivity contribution >= 4 is 24.1 Å². The van der Waals surface area contributed by atoms with E-state index in [1.807, 2.05) is 16.8 Å². The normalized spacial score (nSPS) is 17.4. The summed E-state index contributed by atoms with van der Waals surface area (Å²) in [5.74, 6) is -2.66. The van der Waals surface area contributed by atoms with Gasteiger partial charge < -0.3 is 20.2 Å². The summed E-state index contributed by atoms with van der Waals surface area (Å²) in [4.78, 5) is 58.9. The van der Waals surface area contributed by atoms with Crippen molar-refractivity contribution in [3.63, 3.8) is 0 Å². The molecule has 0 radical (unpaired) electrons. The zero-order chi connectivity index (χ0) is 30.2. The predicted molar refractivity (Wildman–Crippen MR) is 150 cm³/mol. The van der Waals surface area contributed by atoms with Crippen LogP contribution in [0.3, 0.4) is 0 Å². The van der Waals surface area contributed by atoms with Crippen LogP contribution in [0.5, 0.6) is 0 Å². The third kappa shape index (κ3) is 20.5. The fraction of sp³-hybridized carbons (Fsp3) is 0.857. The Kier molecular flexibility index (Phi) is 23.0. The molecule has 40 heavy (non-hydrogen) atoms. The molecule has 12 heteroatoms. The highest BCUT2D eigenvalue weighted by Gasteiger charge is 2.26. The second-order valence-electron chi connectivity index (χ2n) is 10.6. The van der Waals surface area contributed by atoms with Gasteiger partial charge in [-0.3, -0.25) is 29.1 Å². The topological polar surface area (TPSA) is 159 Å². The first-order chi connectivity index (χ1) is 19.1. The third-order valence-corrected chi connectivity index (χ3v) is 7.28. The fourth-order valence-corrected chi connectivity index (χ4v) is 4.91. The summed E-state index contributed by atoms with van der Waals surface area (Å²) >= 11 is 0. The fourth-order valence-electron chi connectivity index (χ4n) is 4.91. The number of carboxylic acid groups (broad SMARTS) is 3. The number of aliphatic carboxylic acids is 3. The van der Waals surface area contributed by atoms with E-state index < -0.39 is 23.9 Å². The van der Waals surface area contributed by atoms with Crippen molar-refractivity contribution in [2.24, 2.45) is 0 Å². The Morgan fingerprint density at radius 3 is 1.48 bits per heavy atom. The monoisotopic (exact) mass is 572 g/mol. The van der Waals surface area contributed by atoms with Gasteiger partial charge in [0.25, 0.3) is 0 Å². The average Bonchev–Trinajstić information content (AvgIpc) is 2.88. The highest BCUT2D eigenvalue weighted by Crippen LogP contribution is 2.15. The Labute approximate surface area is 239 Å². The van der Waals surface area contributed by atoms with Crippen molar-refractivity contribution in [1.29, 1.82) is 0 Å². The minimum Gasteiger partial charge on any atom is -0.480 e. The van der Waals surface area contributed by atoms with Crippen LogP contribution >= 0.6 is 0 Å². The van der Waals surface area contributed by atoms with E-state index in [2.05, 4.69) is 11.8 Å². The molecule has 0 bridgehead atoms. The molecule has 0 spiro atoms. The number of hydrogen-bond acceptors (Lipinski definition) is 9. The largest absolute Gasteiger partial charge is 0.480 e. The Hall–Kier alpha value is -2.37. The number of carbonyl (C=O) groups is 3. The van der Waals surface area contributed by atoms with Crippen LogP contribution in [0, 0.1) is 0 Å². The Morgan fingerprint density at radius 2 is 1.02 bits per heavy atom. The van der Waals surface area contributed by atoms with Crippen LogP contribution in [0.25, 0.3) is 0 Å². The van der Waals surface area contributed by atoms with Crippen molar-refractivity contribution in [3.8, 4) is 0 Å². The summed E-state index contributed by atoms with van der Waals surface area (Å²) in [6, 6.07) is -0.583. The summed E-state index contributed by atoms with van der Waals surface area (Å²) in [5.41, 5.74) is 0. The number of hydrogen-bond donors (Lipinski definition) is 3. The molecule has 1 unspecified atom stereocenters. The molecular weight excluding hydrogens is 520 g/mol. The van der Waals surface area contributed by atoms with E-state index in [9.17, 15) is 29.7 Å². The minimum atomic E-state index is -0.941. The van der Waals surface area contributed by atoms with Gasteiger partial charge in [0.15, 0.2) is 0 Å². The van der Waals surface area contributed by atoms with Crippen LogP contribution < -0.4 is 0 Å². The van der Waals surface area contributed by atoms with Gasteiger partial charge in [-0.25, -0.2) is 0 Å². The quantitative estimate of drug-likeness (QED) is 0.218. The number of rotatable bonds is 17. The molecule has 1 rings (SSSR count). The first-order valence-electron chi connectivity index (χ1n) is 14.7. The second kappa shape index (κ2) is 24.4. The van der Waals surface area contributed by atoms with Gasteiger partial charge in [0, 0.05) is 52.4 Å². The van der Waals surface area contributed by atoms with Crippen LogP contribution in [0.2, 0.25) is 0 Å². The molecule has 1 aliphatic rings. The molecule has 0 aliphatic carbocycles. The lowest BCUT2D eigenvalue weighted by Gasteiger charge is -2.34. The Balaban J connectivity index is 0.00000483. The smallest absolute Gasteiger partial charge is 0.373 e. The molecule has 0 aromatic carbocycles. The molecule has 1 saturated heterocycles. The van der Waals surface area contributed by atoms with Gasteiger partial charge in [0.1, 0.15) is 6.04 Å². The van der Waals surface area contributed by atoms with E-state index in [4.69, 9.17) is 9.59 Å². The molecule has 1 heterocycles. The zero-order valence-electron chi connectivity index (χ0n) is 24.6. The van der Waals surface area contributed by atoms with Gasteiger partial charge in [-0.2, -0.15) is 9.59 Å². The molecule has 3 N–H and O–H groups in total. The lowest BCUT2D eigenvalue weighted by molar-refractivity contribution is -0.191. The average molecular weight is 573 g/mol. The molecule has 0 saturated carbocycles. The van der Waals surface area contributed by atoms with Crippen LogP contribution in [0.15, 0.2) is 0 Å². The van der Waals surface area contributed by atoms with Crippen LogP contribution in [0.1, 0.15) is 77.6 Å². The van der Waals surface area contributed by atoms with Crippen LogP contribution in [0.4, 0.5) is 0 Å². The number of nitrogens with zero attached hydrogens (tertiary/aromatic N) is 4. The van der Waals surface area contributed by atoms with E-state index in [1.54, 1.807) is 4.90 Å². The maximum Gasteiger partial charge on any atom is 0.373 e. The van der Waals surface area contributed by atoms with Gasteiger partial charge in [0.2, 0.25) is 0 Å². The van der Waals surface area contributed by atoms with Crippen molar-refractivity contribution in [2.45, 2.75) is 83.6 Å². The van der Waals surface area contributed by atoms with Gasteiger partial charge in [-0.1, -0.05) is 71.1 Å². The van der Waals surface area contributed by atoms with E-state index in [-0.39, 0.29) is 19.2 Å². The lowest BCUT2D eigenvalue weighted by atomic mass is 10.0. The van der Waals surface area contributed by atoms with Crippen molar-refractivity contribution in [2.75, 3.05) is 72.5 Å². The van der Waals surface area contributed by atoms with Crippen LogP contribution in [-0.4, -0.2) is 138 Å². The SMILES string of the molecule is CCCCCCCCCCCCC(C(=O)O)N1CCN(C)CCN(CC(=O)O)CCN(CC(=O)O)CC1.O=C=O. The Bertz CT molecular complexity index is 733. The molecule has 232 valence electrons. The van der Waals surface area contributed by atoms with E-state index in [0.717, 1.165) is 19.3 Å². The summed E-state index contributed by atoms with van der Waals surface area (Å²) in [7, 11) is 1.97. The van der Waals surface area contributed by atoms with E-state index in [0.29, 0.717) is 58.8 Å².